The molecule has 3 rings (SSSR count). The van der Waals surface area contributed by atoms with E-state index in [-0.39, 0.29) is 11.8 Å². The fourth-order valence-electron chi connectivity index (χ4n) is 4.00. The quantitative estimate of drug-likeness (QED) is 0.746. The number of nitrogens with two attached hydrogens (primary N) is 1. The minimum Gasteiger partial charge on any atom is -0.496 e. The minimum absolute atomic E-state index is 0.0212. The van der Waals surface area contributed by atoms with Crippen molar-refractivity contribution in [1.29, 1.82) is 0 Å². The van der Waals surface area contributed by atoms with Gasteiger partial charge in [-0.1, -0.05) is 18.2 Å². The van der Waals surface area contributed by atoms with Crippen LogP contribution in [0, 0.1) is 5.92 Å². The predicted octanol–water partition coefficient (Wildman–Crippen LogP) is 0.803. The van der Waals surface area contributed by atoms with Crippen LogP contribution in [0.3, 0.4) is 0 Å². The van der Waals surface area contributed by atoms with Crippen molar-refractivity contribution in [3.05, 3.63) is 29.8 Å². The SMILES string of the molecule is COc1ccccc1CN1CCN(C(=O)[C@H](OC(N)=O)C2CCNCC2)CC1. The first-order valence-electron chi connectivity index (χ1n) is 9.88. The molecule has 0 unspecified atom stereocenters. The molecule has 0 aliphatic carbocycles. The molecule has 0 radical (unpaired) electrons. The Labute approximate surface area is 165 Å². The van der Waals surface area contributed by atoms with Gasteiger partial charge in [-0.15, -0.1) is 0 Å². The Morgan fingerprint density at radius 3 is 2.50 bits per heavy atom. The van der Waals surface area contributed by atoms with Crippen LogP contribution in [-0.4, -0.2) is 74.3 Å². The summed E-state index contributed by atoms with van der Waals surface area (Å²) in [6.45, 7) is 5.17. The number of para-hydroxylation sites is 1. The number of nitrogens with one attached hydrogen (secondary N) is 1. The van der Waals surface area contributed by atoms with Crippen LogP contribution in [0.5, 0.6) is 5.75 Å². The van der Waals surface area contributed by atoms with E-state index in [9.17, 15) is 9.59 Å². The average Bonchev–Trinajstić information content (AvgIpc) is 2.73. The standard InChI is InChI=1S/C20H30N4O4/c1-27-17-5-3-2-4-16(17)14-23-10-12-24(13-11-23)19(25)18(28-20(21)26)15-6-8-22-9-7-15/h2-5,15,18,22H,6-14H2,1H3,(H2,21,26)/t18-/m1/s1. The number of benzene rings is 1. The number of piperazine rings is 1. The number of rotatable bonds is 6. The zero-order valence-electron chi connectivity index (χ0n) is 16.4. The van der Waals surface area contributed by atoms with E-state index < -0.39 is 12.2 Å². The van der Waals surface area contributed by atoms with Crippen molar-refractivity contribution >= 4 is 12.0 Å². The molecule has 0 spiro atoms. The van der Waals surface area contributed by atoms with Gasteiger partial charge in [0.1, 0.15) is 5.75 Å². The molecule has 0 bridgehead atoms. The van der Waals surface area contributed by atoms with Crippen molar-refractivity contribution in [1.82, 2.24) is 15.1 Å². The van der Waals surface area contributed by atoms with Crippen molar-refractivity contribution in [2.24, 2.45) is 11.7 Å². The summed E-state index contributed by atoms with van der Waals surface area (Å²) in [6.07, 6.45) is -0.0541. The first kappa shape index (κ1) is 20.4. The summed E-state index contributed by atoms with van der Waals surface area (Å²) in [4.78, 5) is 28.5. The molecule has 8 heteroatoms. The van der Waals surface area contributed by atoms with E-state index in [1.54, 1.807) is 12.0 Å². The number of ether oxygens (including phenoxy) is 2. The van der Waals surface area contributed by atoms with Gasteiger partial charge in [-0.05, 0) is 32.0 Å². The third-order valence-electron chi connectivity index (χ3n) is 5.57. The van der Waals surface area contributed by atoms with Gasteiger partial charge in [0.15, 0.2) is 6.10 Å². The molecule has 2 fully saturated rings. The highest BCUT2D eigenvalue weighted by Gasteiger charge is 2.36. The van der Waals surface area contributed by atoms with Crippen LogP contribution < -0.4 is 15.8 Å². The van der Waals surface area contributed by atoms with E-state index in [2.05, 4.69) is 16.3 Å². The molecule has 2 aliphatic heterocycles. The number of methoxy groups -OCH3 is 1. The Morgan fingerprint density at radius 1 is 1.18 bits per heavy atom. The zero-order valence-corrected chi connectivity index (χ0v) is 16.4. The van der Waals surface area contributed by atoms with Gasteiger partial charge < -0.3 is 25.4 Å². The molecule has 0 aromatic heterocycles. The molecule has 8 nitrogen and oxygen atoms in total. The highest BCUT2D eigenvalue weighted by molar-refractivity contribution is 5.83. The Hall–Kier alpha value is -2.32. The lowest BCUT2D eigenvalue weighted by Gasteiger charge is -2.38. The average molecular weight is 390 g/mol. The number of hydrogen-bond acceptors (Lipinski definition) is 6. The van der Waals surface area contributed by atoms with E-state index in [0.29, 0.717) is 13.1 Å². The van der Waals surface area contributed by atoms with Gasteiger partial charge in [0.25, 0.3) is 5.91 Å². The molecular weight excluding hydrogens is 360 g/mol. The molecule has 3 N–H and O–H groups in total. The van der Waals surface area contributed by atoms with Crippen molar-refractivity contribution in [3.8, 4) is 5.75 Å². The van der Waals surface area contributed by atoms with Gasteiger partial charge in [0.05, 0.1) is 7.11 Å². The van der Waals surface area contributed by atoms with Crippen LogP contribution in [0.4, 0.5) is 4.79 Å². The second-order valence-electron chi connectivity index (χ2n) is 7.36. The lowest BCUT2D eigenvalue weighted by atomic mass is 9.91. The third kappa shape index (κ3) is 5.14. The van der Waals surface area contributed by atoms with Gasteiger partial charge in [0, 0.05) is 44.2 Å². The number of hydrogen-bond donors (Lipinski definition) is 2. The maximum Gasteiger partial charge on any atom is 0.405 e. The van der Waals surface area contributed by atoms with Crippen LogP contribution in [0.1, 0.15) is 18.4 Å². The Kier molecular flexibility index (Phi) is 7.11. The topological polar surface area (TPSA) is 97.1 Å². The van der Waals surface area contributed by atoms with Crippen LogP contribution >= 0.6 is 0 Å². The predicted molar refractivity (Wildman–Crippen MR) is 105 cm³/mol. The van der Waals surface area contributed by atoms with Crippen LogP contribution in [0.2, 0.25) is 0 Å². The molecule has 2 heterocycles. The second-order valence-corrected chi connectivity index (χ2v) is 7.36. The van der Waals surface area contributed by atoms with Gasteiger partial charge in [-0.3, -0.25) is 9.69 Å². The lowest BCUT2D eigenvalue weighted by Crippen LogP contribution is -2.54. The fraction of sp³-hybridized carbons (Fsp3) is 0.600. The number of piperidine rings is 1. The number of nitrogens with zero attached hydrogens (tertiary/aromatic N) is 2. The summed E-state index contributed by atoms with van der Waals surface area (Å²) >= 11 is 0. The highest BCUT2D eigenvalue weighted by Crippen LogP contribution is 2.23. The van der Waals surface area contributed by atoms with Gasteiger partial charge in [-0.2, -0.15) is 0 Å². The van der Waals surface area contributed by atoms with E-state index >= 15 is 0 Å². The number of carbonyl (C=O) groups is 2. The van der Waals surface area contributed by atoms with E-state index in [4.69, 9.17) is 15.2 Å². The van der Waals surface area contributed by atoms with E-state index in [1.165, 1.54) is 0 Å². The number of carbonyl (C=O) groups excluding carboxylic acids is 2. The molecule has 28 heavy (non-hydrogen) atoms. The Bertz CT molecular complexity index is 670. The van der Waals surface area contributed by atoms with Crippen LogP contribution in [-0.2, 0) is 16.1 Å². The van der Waals surface area contributed by atoms with Crippen LogP contribution in [0.25, 0.3) is 0 Å². The Morgan fingerprint density at radius 2 is 1.86 bits per heavy atom. The number of primary amides is 1. The molecule has 1 aromatic rings. The monoisotopic (exact) mass is 390 g/mol. The first-order valence-corrected chi connectivity index (χ1v) is 9.88. The summed E-state index contributed by atoms with van der Waals surface area (Å²) in [7, 11) is 1.68. The van der Waals surface area contributed by atoms with E-state index in [1.807, 2.05) is 18.2 Å². The van der Waals surface area contributed by atoms with Crippen LogP contribution in [0.15, 0.2) is 24.3 Å². The van der Waals surface area contributed by atoms with Gasteiger partial charge in [0.2, 0.25) is 0 Å². The van der Waals surface area contributed by atoms with Gasteiger partial charge >= 0.3 is 6.09 Å². The normalized spacial score (nSPS) is 19.8. The second kappa shape index (κ2) is 9.75. The summed E-state index contributed by atoms with van der Waals surface area (Å²) in [5.74, 6) is 0.775. The zero-order chi connectivity index (χ0) is 19.9. The molecule has 1 atom stereocenters. The minimum atomic E-state index is -0.883. The van der Waals surface area contributed by atoms with E-state index in [0.717, 1.165) is 56.9 Å². The molecular formula is C20H30N4O4. The molecule has 2 aliphatic rings. The van der Waals surface area contributed by atoms with Crippen molar-refractivity contribution in [3.63, 3.8) is 0 Å². The maximum atomic E-state index is 13.0. The molecule has 0 saturated carbocycles. The summed E-state index contributed by atoms with van der Waals surface area (Å²) in [6, 6.07) is 7.98. The molecule has 154 valence electrons. The fourth-order valence-corrected chi connectivity index (χ4v) is 4.00. The Balaban J connectivity index is 1.57. The smallest absolute Gasteiger partial charge is 0.405 e. The van der Waals surface area contributed by atoms with Crippen molar-refractivity contribution in [2.75, 3.05) is 46.4 Å². The third-order valence-corrected chi connectivity index (χ3v) is 5.57. The van der Waals surface area contributed by atoms with Crippen molar-refractivity contribution in [2.45, 2.75) is 25.5 Å². The maximum absolute atomic E-state index is 13.0. The largest absolute Gasteiger partial charge is 0.496 e. The molecule has 2 amide bonds. The number of amides is 2. The summed E-state index contributed by atoms with van der Waals surface area (Å²) < 4.78 is 10.7. The summed E-state index contributed by atoms with van der Waals surface area (Å²) in [5, 5.41) is 3.27. The summed E-state index contributed by atoms with van der Waals surface area (Å²) in [5.41, 5.74) is 6.37. The lowest BCUT2D eigenvalue weighted by molar-refractivity contribution is -0.145. The highest BCUT2D eigenvalue weighted by atomic mass is 16.6. The first-order chi connectivity index (χ1) is 13.6. The van der Waals surface area contributed by atoms with Gasteiger partial charge in [-0.25, -0.2) is 4.79 Å². The molecule has 2 saturated heterocycles. The van der Waals surface area contributed by atoms with Crippen molar-refractivity contribution < 1.29 is 19.1 Å². The molecule has 1 aromatic carbocycles.